The first kappa shape index (κ1) is 15.0. The van der Waals surface area contributed by atoms with Crippen molar-refractivity contribution in [3.8, 4) is 0 Å². The molecule has 2 heterocycles. The number of aromatic nitrogens is 1. The van der Waals surface area contributed by atoms with Crippen LogP contribution >= 0.6 is 22.7 Å². The van der Waals surface area contributed by atoms with E-state index in [0.717, 1.165) is 24.7 Å². The van der Waals surface area contributed by atoms with Gasteiger partial charge in [-0.15, -0.1) is 22.7 Å². The molecule has 0 bridgehead atoms. The maximum atomic E-state index is 4.25. The Bertz CT molecular complexity index is 545. The lowest BCUT2D eigenvalue weighted by Gasteiger charge is -2.15. The Morgan fingerprint density at radius 3 is 2.85 bits per heavy atom. The van der Waals surface area contributed by atoms with Gasteiger partial charge in [-0.2, -0.15) is 0 Å². The van der Waals surface area contributed by atoms with E-state index in [1.165, 1.54) is 9.75 Å². The second-order valence-corrected chi connectivity index (χ2v) is 6.50. The predicted octanol–water partition coefficient (Wildman–Crippen LogP) is 2.98. The van der Waals surface area contributed by atoms with Crippen molar-refractivity contribution in [3.63, 3.8) is 0 Å². The van der Waals surface area contributed by atoms with Crippen LogP contribution in [0.4, 0.5) is 0 Å². The normalized spacial score (nSPS) is 13.2. The number of guanidine groups is 1. The third kappa shape index (κ3) is 4.05. The Labute approximate surface area is 128 Å². The molecule has 1 unspecified atom stereocenters. The Balaban J connectivity index is 1.80. The fourth-order valence-electron chi connectivity index (χ4n) is 1.80. The van der Waals surface area contributed by atoms with Crippen molar-refractivity contribution < 1.29 is 0 Å². The van der Waals surface area contributed by atoms with E-state index in [-0.39, 0.29) is 0 Å². The third-order valence-corrected chi connectivity index (χ3v) is 5.13. The van der Waals surface area contributed by atoms with Gasteiger partial charge in [-0.3, -0.25) is 4.99 Å². The zero-order valence-corrected chi connectivity index (χ0v) is 13.6. The van der Waals surface area contributed by atoms with Gasteiger partial charge in [-0.05, 0) is 18.4 Å². The van der Waals surface area contributed by atoms with Gasteiger partial charge in [0, 0.05) is 29.3 Å². The van der Waals surface area contributed by atoms with Crippen LogP contribution in [0, 0.1) is 6.92 Å². The molecule has 2 aromatic heterocycles. The molecule has 1 atom stereocenters. The molecule has 0 saturated heterocycles. The summed E-state index contributed by atoms with van der Waals surface area (Å²) in [6.45, 7) is 5.90. The highest BCUT2D eigenvalue weighted by molar-refractivity contribution is 7.10. The molecule has 0 aliphatic heterocycles. The summed E-state index contributed by atoms with van der Waals surface area (Å²) in [6.07, 6.45) is 0. The Morgan fingerprint density at radius 2 is 2.25 bits per heavy atom. The lowest BCUT2D eigenvalue weighted by atomic mass is 10.1. The van der Waals surface area contributed by atoms with Gasteiger partial charge < -0.3 is 10.6 Å². The minimum absolute atomic E-state index is 0.485. The van der Waals surface area contributed by atoms with Crippen molar-refractivity contribution >= 4 is 28.6 Å². The highest BCUT2D eigenvalue weighted by Gasteiger charge is 2.08. The first-order valence-corrected chi connectivity index (χ1v) is 8.33. The van der Waals surface area contributed by atoms with Crippen molar-refractivity contribution in [2.75, 3.05) is 13.6 Å². The predicted molar refractivity (Wildman–Crippen MR) is 87.8 cm³/mol. The van der Waals surface area contributed by atoms with Crippen LogP contribution in [0.3, 0.4) is 0 Å². The molecule has 2 aromatic rings. The molecule has 0 aromatic carbocycles. The molecule has 0 spiro atoms. The first-order valence-electron chi connectivity index (χ1n) is 6.57. The van der Waals surface area contributed by atoms with E-state index in [1.807, 2.05) is 12.4 Å². The summed E-state index contributed by atoms with van der Waals surface area (Å²) in [5.74, 6) is 1.32. The summed E-state index contributed by atoms with van der Waals surface area (Å²) < 4.78 is 0. The second kappa shape index (κ2) is 7.40. The van der Waals surface area contributed by atoms with Crippen molar-refractivity contribution in [2.45, 2.75) is 26.3 Å². The molecule has 6 heteroatoms. The monoisotopic (exact) mass is 308 g/mol. The van der Waals surface area contributed by atoms with Gasteiger partial charge in [0.25, 0.3) is 0 Å². The number of nitrogens with zero attached hydrogens (tertiary/aromatic N) is 2. The van der Waals surface area contributed by atoms with Crippen LogP contribution in [0.25, 0.3) is 0 Å². The summed E-state index contributed by atoms with van der Waals surface area (Å²) in [5.41, 5.74) is 2.96. The average molecular weight is 308 g/mol. The zero-order chi connectivity index (χ0) is 14.4. The maximum Gasteiger partial charge on any atom is 0.191 e. The lowest BCUT2D eigenvalue weighted by Crippen LogP contribution is -2.38. The van der Waals surface area contributed by atoms with E-state index in [2.05, 4.69) is 45.0 Å². The molecule has 4 nitrogen and oxygen atoms in total. The second-order valence-electron chi connectivity index (χ2n) is 4.58. The van der Waals surface area contributed by atoms with Crippen LogP contribution in [-0.4, -0.2) is 24.5 Å². The summed E-state index contributed by atoms with van der Waals surface area (Å²) in [7, 11) is 1.80. The van der Waals surface area contributed by atoms with Gasteiger partial charge in [0.05, 0.1) is 17.7 Å². The fraction of sp³-hybridized carbons (Fsp3) is 0.429. The number of hydrogen-bond acceptors (Lipinski definition) is 4. The number of aliphatic imine (C=N–C) groups is 1. The van der Waals surface area contributed by atoms with E-state index in [1.54, 1.807) is 29.7 Å². The maximum absolute atomic E-state index is 4.25. The van der Waals surface area contributed by atoms with Gasteiger partial charge in [0.15, 0.2) is 5.96 Å². The molecule has 0 aliphatic carbocycles. The van der Waals surface area contributed by atoms with Crippen LogP contribution in [0.1, 0.15) is 28.3 Å². The third-order valence-electron chi connectivity index (χ3n) is 3.09. The van der Waals surface area contributed by atoms with Crippen molar-refractivity contribution in [1.82, 2.24) is 15.6 Å². The van der Waals surface area contributed by atoms with Crippen LogP contribution < -0.4 is 10.6 Å². The SMILES string of the molecule is CN=C(NCc1scnc1C)NCC(C)c1cccs1. The first-order chi connectivity index (χ1) is 9.70. The van der Waals surface area contributed by atoms with Crippen LogP contribution in [-0.2, 0) is 6.54 Å². The smallest absolute Gasteiger partial charge is 0.191 e. The number of aryl methyl sites for hydroxylation is 1. The molecule has 0 amide bonds. The standard InChI is InChI=1S/C14H20N4S2/c1-10(12-5-4-6-19-12)7-16-14(15-3)17-8-13-11(2)18-9-20-13/h4-6,9-10H,7-8H2,1-3H3,(H2,15,16,17). The number of nitrogens with one attached hydrogen (secondary N) is 2. The molecule has 0 fully saturated rings. The van der Waals surface area contributed by atoms with Gasteiger partial charge in [-0.25, -0.2) is 4.98 Å². The summed E-state index contributed by atoms with van der Waals surface area (Å²) in [4.78, 5) is 11.1. The minimum Gasteiger partial charge on any atom is -0.356 e. The molecule has 0 aliphatic rings. The highest BCUT2D eigenvalue weighted by Crippen LogP contribution is 2.19. The van der Waals surface area contributed by atoms with Crippen molar-refractivity contribution in [1.29, 1.82) is 0 Å². The fourth-order valence-corrected chi connectivity index (χ4v) is 3.31. The van der Waals surface area contributed by atoms with Gasteiger partial charge in [0.2, 0.25) is 0 Å². The summed E-state index contributed by atoms with van der Waals surface area (Å²) >= 11 is 3.47. The molecule has 2 rings (SSSR count). The number of thiazole rings is 1. The van der Waals surface area contributed by atoms with Crippen LogP contribution in [0.2, 0.25) is 0 Å². The molecular formula is C14H20N4S2. The Hall–Kier alpha value is -1.40. The average Bonchev–Trinajstić information content (AvgIpc) is 3.10. The molecule has 20 heavy (non-hydrogen) atoms. The topological polar surface area (TPSA) is 49.3 Å². The Kier molecular flexibility index (Phi) is 5.55. The number of thiophene rings is 1. The Morgan fingerprint density at radius 1 is 1.40 bits per heavy atom. The molecular weight excluding hydrogens is 288 g/mol. The quantitative estimate of drug-likeness (QED) is 0.659. The van der Waals surface area contributed by atoms with E-state index in [4.69, 9.17) is 0 Å². The molecule has 2 N–H and O–H groups in total. The number of hydrogen-bond donors (Lipinski definition) is 2. The largest absolute Gasteiger partial charge is 0.356 e. The van der Waals surface area contributed by atoms with Gasteiger partial charge in [-0.1, -0.05) is 13.0 Å². The highest BCUT2D eigenvalue weighted by atomic mass is 32.1. The number of rotatable bonds is 5. The molecule has 108 valence electrons. The molecule has 0 saturated carbocycles. The summed E-state index contributed by atoms with van der Waals surface area (Å²) in [6, 6.07) is 4.27. The van der Waals surface area contributed by atoms with Crippen LogP contribution in [0.5, 0.6) is 0 Å². The molecule has 0 radical (unpaired) electrons. The minimum atomic E-state index is 0.485. The summed E-state index contributed by atoms with van der Waals surface area (Å²) in [5, 5.41) is 8.81. The van der Waals surface area contributed by atoms with Gasteiger partial charge >= 0.3 is 0 Å². The lowest BCUT2D eigenvalue weighted by molar-refractivity contribution is 0.709. The van der Waals surface area contributed by atoms with E-state index in [9.17, 15) is 0 Å². The van der Waals surface area contributed by atoms with E-state index in [0.29, 0.717) is 5.92 Å². The zero-order valence-electron chi connectivity index (χ0n) is 12.0. The van der Waals surface area contributed by atoms with E-state index < -0.39 is 0 Å². The van der Waals surface area contributed by atoms with Crippen LogP contribution in [0.15, 0.2) is 28.0 Å². The van der Waals surface area contributed by atoms with Crippen molar-refractivity contribution in [2.24, 2.45) is 4.99 Å². The van der Waals surface area contributed by atoms with Crippen molar-refractivity contribution in [3.05, 3.63) is 38.5 Å². The van der Waals surface area contributed by atoms with E-state index >= 15 is 0 Å². The van der Waals surface area contributed by atoms with Gasteiger partial charge in [0.1, 0.15) is 0 Å².